The van der Waals surface area contributed by atoms with Gasteiger partial charge < -0.3 is 10.6 Å². The molecule has 14 heavy (non-hydrogen) atoms. The Balaban J connectivity index is 3.18. The van der Waals surface area contributed by atoms with E-state index in [0.29, 0.717) is 5.69 Å². The highest BCUT2D eigenvalue weighted by atomic mass is 35.5. The van der Waals surface area contributed by atoms with E-state index in [1.54, 1.807) is 0 Å². The molecule has 0 aliphatic heterocycles. The highest BCUT2D eigenvalue weighted by Crippen LogP contribution is 2.24. The fourth-order valence-corrected chi connectivity index (χ4v) is 1.50. The molecule has 4 nitrogen and oxygen atoms in total. The van der Waals surface area contributed by atoms with Crippen molar-refractivity contribution in [3.05, 3.63) is 11.0 Å². The van der Waals surface area contributed by atoms with Gasteiger partial charge in [0.05, 0.1) is 11.4 Å². The molecule has 78 valence electrons. The van der Waals surface area contributed by atoms with Crippen LogP contribution in [0.25, 0.3) is 0 Å². The number of aryl methyl sites for hydroxylation is 1. The number of nitrogens with zero attached hydrogens (tertiary/aromatic N) is 3. The monoisotopic (exact) mass is 214 g/mol. The molecule has 1 aromatic rings. The van der Waals surface area contributed by atoms with Crippen molar-refractivity contribution in [1.29, 1.82) is 0 Å². The zero-order valence-corrected chi connectivity index (χ0v) is 9.47. The molecule has 0 saturated carbocycles. The van der Waals surface area contributed by atoms with Crippen LogP contribution in [0.3, 0.4) is 0 Å². The first-order chi connectivity index (χ1) is 6.60. The summed E-state index contributed by atoms with van der Waals surface area (Å²) >= 11 is 5.78. The zero-order chi connectivity index (χ0) is 10.7. The minimum atomic E-state index is 0.249. The van der Waals surface area contributed by atoms with Crippen molar-refractivity contribution < 1.29 is 0 Å². The highest BCUT2D eigenvalue weighted by molar-refractivity contribution is 6.28. The molecule has 0 bridgehead atoms. The van der Waals surface area contributed by atoms with Gasteiger partial charge in [-0.2, -0.15) is 4.98 Å². The highest BCUT2D eigenvalue weighted by Gasteiger charge is 2.12. The fraction of sp³-hybridized carbons (Fsp3) is 0.556. The Morgan fingerprint density at radius 3 is 2.36 bits per heavy atom. The summed E-state index contributed by atoms with van der Waals surface area (Å²) in [6.07, 6.45) is 0. The van der Waals surface area contributed by atoms with E-state index in [1.807, 2.05) is 20.8 Å². The molecule has 1 heterocycles. The Morgan fingerprint density at radius 1 is 1.29 bits per heavy atom. The van der Waals surface area contributed by atoms with E-state index in [2.05, 4.69) is 14.9 Å². The summed E-state index contributed by atoms with van der Waals surface area (Å²) in [4.78, 5) is 10.2. The zero-order valence-electron chi connectivity index (χ0n) is 8.71. The Labute approximate surface area is 89.1 Å². The van der Waals surface area contributed by atoms with Crippen LogP contribution in [-0.4, -0.2) is 23.1 Å². The molecule has 0 unspecified atom stereocenters. The van der Waals surface area contributed by atoms with Crippen LogP contribution in [0, 0.1) is 6.92 Å². The number of nitrogen functional groups attached to an aromatic ring is 1. The summed E-state index contributed by atoms with van der Waals surface area (Å²) < 4.78 is 0. The Morgan fingerprint density at radius 2 is 1.86 bits per heavy atom. The number of nitrogens with two attached hydrogens (primary N) is 1. The van der Waals surface area contributed by atoms with E-state index in [-0.39, 0.29) is 5.28 Å². The van der Waals surface area contributed by atoms with E-state index in [1.165, 1.54) is 0 Å². The van der Waals surface area contributed by atoms with Gasteiger partial charge in [-0.25, -0.2) is 4.98 Å². The van der Waals surface area contributed by atoms with Crippen LogP contribution < -0.4 is 10.6 Å². The quantitative estimate of drug-likeness (QED) is 0.781. The van der Waals surface area contributed by atoms with Crippen LogP contribution in [0.5, 0.6) is 0 Å². The summed E-state index contributed by atoms with van der Waals surface area (Å²) in [5.74, 6) is 0.729. The third-order valence-electron chi connectivity index (χ3n) is 2.15. The largest absolute Gasteiger partial charge is 0.394 e. The summed E-state index contributed by atoms with van der Waals surface area (Å²) in [5.41, 5.74) is 7.22. The van der Waals surface area contributed by atoms with Gasteiger partial charge in [0.2, 0.25) is 5.28 Å². The molecule has 0 aliphatic carbocycles. The molecule has 0 aliphatic rings. The fourth-order valence-electron chi connectivity index (χ4n) is 1.30. The molecule has 0 spiro atoms. The maximum atomic E-state index is 5.88. The molecule has 0 radical (unpaired) electrons. The van der Waals surface area contributed by atoms with Crippen LogP contribution in [0.15, 0.2) is 0 Å². The Hall–Kier alpha value is -1.03. The van der Waals surface area contributed by atoms with Gasteiger partial charge in [-0.1, -0.05) is 0 Å². The number of hydrogen-bond acceptors (Lipinski definition) is 4. The molecular formula is C9H15ClN4. The molecular weight excluding hydrogens is 200 g/mol. The van der Waals surface area contributed by atoms with Gasteiger partial charge >= 0.3 is 0 Å². The number of aromatic nitrogens is 2. The second-order valence-electron chi connectivity index (χ2n) is 2.99. The predicted octanol–water partition coefficient (Wildman–Crippen LogP) is 1.87. The minimum absolute atomic E-state index is 0.249. The average Bonchev–Trinajstić information content (AvgIpc) is 2.15. The lowest BCUT2D eigenvalue weighted by molar-refractivity contribution is 0.841. The standard InChI is InChI=1S/C9H15ClN4/c1-4-14(5-2)8-7(11)6(3)12-9(10)13-8/h4-5,11H2,1-3H3. The maximum Gasteiger partial charge on any atom is 0.224 e. The van der Waals surface area contributed by atoms with E-state index < -0.39 is 0 Å². The summed E-state index contributed by atoms with van der Waals surface area (Å²) in [7, 11) is 0. The van der Waals surface area contributed by atoms with Crippen LogP contribution >= 0.6 is 11.6 Å². The first kappa shape index (κ1) is 11.0. The van der Waals surface area contributed by atoms with Gasteiger partial charge in [0.15, 0.2) is 5.82 Å². The molecule has 1 rings (SSSR count). The Kier molecular flexibility index (Phi) is 3.52. The van der Waals surface area contributed by atoms with Crippen molar-refractivity contribution in [2.75, 3.05) is 23.7 Å². The van der Waals surface area contributed by atoms with Crippen molar-refractivity contribution >= 4 is 23.1 Å². The first-order valence-electron chi connectivity index (χ1n) is 4.64. The summed E-state index contributed by atoms with van der Waals surface area (Å²) in [5, 5.41) is 0.249. The van der Waals surface area contributed by atoms with E-state index in [9.17, 15) is 0 Å². The van der Waals surface area contributed by atoms with Crippen LogP contribution in [-0.2, 0) is 0 Å². The molecule has 2 N–H and O–H groups in total. The van der Waals surface area contributed by atoms with Gasteiger partial charge in [0.25, 0.3) is 0 Å². The van der Waals surface area contributed by atoms with Crippen molar-refractivity contribution in [2.24, 2.45) is 0 Å². The van der Waals surface area contributed by atoms with Gasteiger partial charge in [-0.05, 0) is 32.4 Å². The topological polar surface area (TPSA) is 55.0 Å². The Bertz CT molecular complexity index is 323. The third kappa shape index (κ3) is 2.07. The average molecular weight is 215 g/mol. The van der Waals surface area contributed by atoms with E-state index >= 15 is 0 Å². The molecule has 0 saturated heterocycles. The first-order valence-corrected chi connectivity index (χ1v) is 5.02. The normalized spacial score (nSPS) is 10.3. The SMILES string of the molecule is CCN(CC)c1nc(Cl)nc(C)c1N. The molecule has 1 aromatic heterocycles. The van der Waals surface area contributed by atoms with E-state index in [0.717, 1.165) is 24.6 Å². The number of anilines is 2. The maximum absolute atomic E-state index is 5.88. The van der Waals surface area contributed by atoms with Gasteiger partial charge in [-0.3, -0.25) is 0 Å². The second-order valence-corrected chi connectivity index (χ2v) is 3.33. The van der Waals surface area contributed by atoms with Crippen LogP contribution in [0.2, 0.25) is 5.28 Å². The lowest BCUT2D eigenvalue weighted by Gasteiger charge is -2.21. The minimum Gasteiger partial charge on any atom is -0.394 e. The lowest BCUT2D eigenvalue weighted by Crippen LogP contribution is -2.24. The van der Waals surface area contributed by atoms with Gasteiger partial charge in [0.1, 0.15) is 0 Å². The smallest absolute Gasteiger partial charge is 0.224 e. The molecule has 0 amide bonds. The van der Waals surface area contributed by atoms with Crippen LogP contribution in [0.4, 0.5) is 11.5 Å². The van der Waals surface area contributed by atoms with Crippen molar-refractivity contribution in [3.63, 3.8) is 0 Å². The van der Waals surface area contributed by atoms with Crippen molar-refractivity contribution in [3.8, 4) is 0 Å². The van der Waals surface area contributed by atoms with Gasteiger partial charge in [-0.15, -0.1) is 0 Å². The van der Waals surface area contributed by atoms with Gasteiger partial charge in [0, 0.05) is 13.1 Å². The molecule has 0 atom stereocenters. The molecule has 0 fully saturated rings. The van der Waals surface area contributed by atoms with E-state index in [4.69, 9.17) is 17.3 Å². The van der Waals surface area contributed by atoms with Crippen LogP contribution in [0.1, 0.15) is 19.5 Å². The number of hydrogen-bond donors (Lipinski definition) is 1. The summed E-state index contributed by atoms with van der Waals surface area (Å²) in [6, 6.07) is 0. The van der Waals surface area contributed by atoms with Crippen molar-refractivity contribution in [2.45, 2.75) is 20.8 Å². The lowest BCUT2D eigenvalue weighted by atomic mass is 10.3. The second kappa shape index (κ2) is 4.46. The number of halogens is 1. The summed E-state index contributed by atoms with van der Waals surface area (Å²) in [6.45, 7) is 7.64. The number of rotatable bonds is 3. The predicted molar refractivity (Wildman–Crippen MR) is 59.8 cm³/mol. The molecule has 0 aromatic carbocycles. The molecule has 5 heteroatoms. The third-order valence-corrected chi connectivity index (χ3v) is 2.32. The van der Waals surface area contributed by atoms with Crippen molar-refractivity contribution in [1.82, 2.24) is 9.97 Å².